The summed E-state index contributed by atoms with van der Waals surface area (Å²) in [6, 6.07) is 13.1. The Hall–Kier alpha value is -3.41. The van der Waals surface area contributed by atoms with Crippen LogP contribution in [-0.4, -0.2) is 16.8 Å². The third-order valence-corrected chi connectivity index (χ3v) is 3.77. The Morgan fingerprint density at radius 2 is 1.72 bits per heavy atom. The molecular weight excluding hydrogens is 316 g/mol. The molecule has 0 aliphatic carbocycles. The number of aromatic nitrogens is 1. The van der Waals surface area contributed by atoms with E-state index in [-0.39, 0.29) is 11.5 Å². The highest BCUT2D eigenvalue weighted by atomic mass is 16.1. The Bertz CT molecular complexity index is 965. The minimum absolute atomic E-state index is 0.175. The summed E-state index contributed by atoms with van der Waals surface area (Å²) in [4.78, 5) is 27.4. The molecule has 126 valence electrons. The van der Waals surface area contributed by atoms with Gasteiger partial charge in [0.05, 0.1) is 16.8 Å². The third kappa shape index (κ3) is 3.58. The van der Waals surface area contributed by atoms with Gasteiger partial charge < -0.3 is 16.4 Å². The summed E-state index contributed by atoms with van der Waals surface area (Å²) in [5.74, 6) is -0.750. The first-order chi connectivity index (χ1) is 11.9. The second-order valence-corrected chi connectivity index (χ2v) is 5.82. The molecule has 0 saturated heterocycles. The molecule has 0 bridgehead atoms. The molecule has 25 heavy (non-hydrogen) atoms. The summed E-state index contributed by atoms with van der Waals surface area (Å²) >= 11 is 0. The summed E-state index contributed by atoms with van der Waals surface area (Å²) in [5, 5.41) is 6.68. The number of primary amides is 1. The molecule has 3 rings (SSSR count). The van der Waals surface area contributed by atoms with Gasteiger partial charge in [-0.15, -0.1) is 0 Å². The van der Waals surface area contributed by atoms with Crippen molar-refractivity contribution >= 4 is 39.8 Å². The molecule has 6 nitrogen and oxygen atoms in total. The maximum Gasteiger partial charge on any atom is 0.252 e. The Labute approximate surface area is 145 Å². The summed E-state index contributed by atoms with van der Waals surface area (Å²) in [5.41, 5.74) is 9.63. The lowest BCUT2D eigenvalue weighted by Crippen LogP contribution is -2.14. The van der Waals surface area contributed by atoms with Crippen LogP contribution in [0.5, 0.6) is 0 Å². The standard InChI is InChI=1S/C19H18N4O2/c1-11-3-5-13(6-4-11)23-18-15-9-14(22-12(2)24)7-8-17(15)21-10-16(18)19(20)25/h3-10H,1-2H3,(H2,20,25)(H,21,23)(H,22,24). The first-order valence-electron chi connectivity index (χ1n) is 7.78. The lowest BCUT2D eigenvalue weighted by atomic mass is 10.1. The SMILES string of the molecule is CC(=O)Nc1ccc2ncc(C(N)=O)c(Nc3ccc(C)cc3)c2c1. The molecule has 1 aromatic heterocycles. The van der Waals surface area contributed by atoms with Gasteiger partial charge in [-0.25, -0.2) is 0 Å². The number of nitrogens with two attached hydrogens (primary N) is 1. The maximum absolute atomic E-state index is 11.8. The smallest absolute Gasteiger partial charge is 0.252 e. The van der Waals surface area contributed by atoms with E-state index in [0.717, 1.165) is 11.3 Å². The van der Waals surface area contributed by atoms with E-state index in [9.17, 15) is 9.59 Å². The van der Waals surface area contributed by atoms with Crippen LogP contribution in [0.15, 0.2) is 48.7 Å². The van der Waals surface area contributed by atoms with Gasteiger partial charge in [0.1, 0.15) is 0 Å². The van der Waals surface area contributed by atoms with Gasteiger partial charge in [-0.1, -0.05) is 17.7 Å². The van der Waals surface area contributed by atoms with Gasteiger partial charge in [0.25, 0.3) is 5.91 Å². The van der Waals surface area contributed by atoms with Crippen molar-refractivity contribution < 1.29 is 9.59 Å². The number of aryl methyl sites for hydroxylation is 1. The van der Waals surface area contributed by atoms with Crippen molar-refractivity contribution in [3.8, 4) is 0 Å². The van der Waals surface area contributed by atoms with Crippen LogP contribution < -0.4 is 16.4 Å². The number of pyridine rings is 1. The summed E-state index contributed by atoms with van der Waals surface area (Å²) in [7, 11) is 0. The van der Waals surface area contributed by atoms with Gasteiger partial charge in [-0.05, 0) is 37.3 Å². The Morgan fingerprint density at radius 3 is 2.36 bits per heavy atom. The fourth-order valence-corrected chi connectivity index (χ4v) is 2.58. The molecule has 2 amide bonds. The first-order valence-corrected chi connectivity index (χ1v) is 7.78. The van der Waals surface area contributed by atoms with Gasteiger partial charge in [-0.3, -0.25) is 14.6 Å². The zero-order chi connectivity index (χ0) is 18.0. The number of carbonyl (C=O) groups excluding carboxylic acids is 2. The molecule has 3 aromatic rings. The topological polar surface area (TPSA) is 97.1 Å². The summed E-state index contributed by atoms with van der Waals surface area (Å²) in [6.45, 7) is 3.44. The number of hydrogen-bond donors (Lipinski definition) is 3. The van der Waals surface area contributed by atoms with Gasteiger partial charge in [0.15, 0.2) is 0 Å². The molecular formula is C19H18N4O2. The van der Waals surface area contributed by atoms with Crippen LogP contribution in [0, 0.1) is 6.92 Å². The number of nitrogens with one attached hydrogen (secondary N) is 2. The van der Waals surface area contributed by atoms with Crippen LogP contribution >= 0.6 is 0 Å². The molecule has 0 fully saturated rings. The number of amides is 2. The van der Waals surface area contributed by atoms with E-state index in [0.29, 0.717) is 22.3 Å². The monoisotopic (exact) mass is 334 g/mol. The van der Waals surface area contributed by atoms with Crippen LogP contribution in [0.3, 0.4) is 0 Å². The summed E-state index contributed by atoms with van der Waals surface area (Å²) in [6.07, 6.45) is 1.46. The Balaban J connectivity index is 2.16. The van der Waals surface area contributed by atoms with Crippen LogP contribution in [0.1, 0.15) is 22.8 Å². The molecule has 0 aliphatic heterocycles. The summed E-state index contributed by atoms with van der Waals surface area (Å²) < 4.78 is 0. The number of benzene rings is 2. The average molecular weight is 334 g/mol. The van der Waals surface area contributed by atoms with Crippen molar-refractivity contribution in [1.82, 2.24) is 4.98 Å². The normalized spacial score (nSPS) is 10.5. The average Bonchev–Trinajstić information content (AvgIpc) is 2.56. The van der Waals surface area contributed by atoms with Crippen molar-refractivity contribution in [2.75, 3.05) is 10.6 Å². The first kappa shape index (κ1) is 16.4. The molecule has 6 heteroatoms. The third-order valence-electron chi connectivity index (χ3n) is 3.77. The fraction of sp³-hybridized carbons (Fsp3) is 0.105. The van der Waals surface area contributed by atoms with Gasteiger partial charge >= 0.3 is 0 Å². The molecule has 2 aromatic carbocycles. The number of rotatable bonds is 4. The van der Waals surface area contributed by atoms with E-state index in [1.54, 1.807) is 18.2 Å². The van der Waals surface area contributed by atoms with Crippen molar-refractivity contribution in [2.45, 2.75) is 13.8 Å². The van der Waals surface area contributed by atoms with E-state index < -0.39 is 5.91 Å². The molecule has 0 spiro atoms. The highest BCUT2D eigenvalue weighted by Gasteiger charge is 2.14. The van der Waals surface area contributed by atoms with E-state index in [1.807, 2.05) is 31.2 Å². The minimum atomic E-state index is -0.575. The number of anilines is 3. The quantitative estimate of drug-likeness (QED) is 0.681. The second kappa shape index (κ2) is 6.60. The van der Waals surface area contributed by atoms with Gasteiger partial charge in [-0.2, -0.15) is 0 Å². The van der Waals surface area contributed by atoms with Crippen molar-refractivity contribution in [3.63, 3.8) is 0 Å². The molecule has 0 unspecified atom stereocenters. The lowest BCUT2D eigenvalue weighted by molar-refractivity contribution is -0.114. The minimum Gasteiger partial charge on any atom is -0.365 e. The molecule has 0 atom stereocenters. The predicted octanol–water partition coefficient (Wildman–Crippen LogP) is 3.34. The zero-order valence-electron chi connectivity index (χ0n) is 14.0. The highest BCUT2D eigenvalue weighted by molar-refractivity contribution is 6.08. The number of carbonyl (C=O) groups is 2. The van der Waals surface area contributed by atoms with Crippen molar-refractivity contribution in [1.29, 1.82) is 0 Å². The van der Waals surface area contributed by atoms with E-state index in [4.69, 9.17) is 5.73 Å². The van der Waals surface area contributed by atoms with E-state index in [2.05, 4.69) is 15.6 Å². The predicted molar refractivity (Wildman–Crippen MR) is 99.0 cm³/mol. The Kier molecular flexibility index (Phi) is 4.35. The molecule has 0 radical (unpaired) electrons. The van der Waals surface area contributed by atoms with Crippen LogP contribution in [0.2, 0.25) is 0 Å². The molecule has 1 heterocycles. The van der Waals surface area contributed by atoms with E-state index in [1.165, 1.54) is 13.1 Å². The number of nitrogens with zero attached hydrogens (tertiary/aromatic N) is 1. The van der Waals surface area contributed by atoms with Crippen LogP contribution in [-0.2, 0) is 4.79 Å². The molecule has 4 N–H and O–H groups in total. The number of fused-ring (bicyclic) bond motifs is 1. The van der Waals surface area contributed by atoms with Crippen molar-refractivity contribution in [3.05, 3.63) is 59.8 Å². The molecule has 0 aliphatic rings. The van der Waals surface area contributed by atoms with E-state index >= 15 is 0 Å². The highest BCUT2D eigenvalue weighted by Crippen LogP contribution is 2.31. The van der Waals surface area contributed by atoms with Crippen molar-refractivity contribution in [2.24, 2.45) is 5.73 Å². The largest absolute Gasteiger partial charge is 0.365 e. The van der Waals surface area contributed by atoms with Crippen LogP contribution in [0.25, 0.3) is 10.9 Å². The zero-order valence-corrected chi connectivity index (χ0v) is 14.0. The molecule has 0 saturated carbocycles. The fourth-order valence-electron chi connectivity index (χ4n) is 2.58. The van der Waals surface area contributed by atoms with Crippen LogP contribution in [0.4, 0.5) is 17.1 Å². The van der Waals surface area contributed by atoms with Gasteiger partial charge in [0.2, 0.25) is 5.91 Å². The van der Waals surface area contributed by atoms with Gasteiger partial charge in [0, 0.05) is 29.9 Å². The number of hydrogen-bond acceptors (Lipinski definition) is 4. The Morgan fingerprint density at radius 1 is 1.04 bits per heavy atom. The lowest BCUT2D eigenvalue weighted by Gasteiger charge is -2.14. The second-order valence-electron chi connectivity index (χ2n) is 5.82. The maximum atomic E-state index is 11.8.